The van der Waals surface area contributed by atoms with Crippen molar-refractivity contribution in [2.75, 3.05) is 0 Å². The Kier molecular flexibility index (Phi) is 5.06. The molecule has 0 unspecified atom stereocenters. The second-order valence-electron chi connectivity index (χ2n) is 1.51. The van der Waals surface area contributed by atoms with Crippen molar-refractivity contribution in [3.8, 4) is 0 Å². The molecule has 0 rings (SSSR count). The first kappa shape index (κ1) is 11.2. The molecule has 0 fully saturated rings. The van der Waals surface area contributed by atoms with E-state index in [1.807, 2.05) is 0 Å². The molecule has 6 heteroatoms. The quantitative estimate of drug-likeness (QED) is 0.407. The molecule has 3 nitrogen and oxygen atoms in total. The second kappa shape index (κ2) is 4.96. The standard InChI is InChI=1S/C5H3BrClNO2.W/c1-4(6)2-5(3-7)8(9)10;/h2H,1H2;/b5-2+;. The Hall–Kier alpha value is 0.208. The third kappa shape index (κ3) is 4.61. The Morgan fingerprint density at radius 3 is 2.36 bits per heavy atom. The van der Waals surface area contributed by atoms with Crippen LogP contribution in [0.2, 0.25) is 0 Å². The molecule has 0 radical (unpaired) electrons. The number of hydrogen-bond acceptors (Lipinski definition) is 2. The van der Waals surface area contributed by atoms with Crippen LogP contribution in [0.5, 0.6) is 0 Å². The van der Waals surface area contributed by atoms with Crippen LogP contribution in [0.25, 0.3) is 0 Å². The fourth-order valence-electron chi connectivity index (χ4n) is 0.330. The van der Waals surface area contributed by atoms with Gasteiger partial charge in [0.1, 0.15) is 0 Å². The molecular weight excluding hydrogens is 405 g/mol. The van der Waals surface area contributed by atoms with Crippen LogP contribution in [-0.2, 0) is 19.4 Å². The number of nitro groups is 1. The number of hydrogen-bond donors (Lipinski definition) is 0. The van der Waals surface area contributed by atoms with E-state index in [4.69, 9.17) is 11.6 Å². The molecule has 0 aromatic carbocycles. The first-order chi connectivity index (χ1) is 4.95. The number of nitrogens with zero attached hydrogens (tertiary/aromatic N) is 1. The number of allylic oxidation sites excluding steroid dienone is 3. The van der Waals surface area contributed by atoms with Crippen LogP contribution in [0, 0.1) is 10.1 Å². The fraction of sp³-hybridized carbons (Fsp3) is 0. The molecule has 0 aliphatic heterocycles. The van der Waals surface area contributed by atoms with Crippen LogP contribution in [0.15, 0.2) is 22.8 Å². The third-order valence-electron chi connectivity index (χ3n) is 0.691. The normalized spacial score (nSPS) is 10.9. The molecule has 0 aliphatic carbocycles. The maximum atomic E-state index is 10.3. The van der Waals surface area contributed by atoms with Crippen molar-refractivity contribution in [1.29, 1.82) is 0 Å². The molecule has 0 aliphatic rings. The van der Waals surface area contributed by atoms with E-state index in [0.29, 0.717) is 4.48 Å². The zero-order chi connectivity index (χ0) is 9.02. The Morgan fingerprint density at radius 1 is 1.82 bits per heavy atom. The fourth-order valence-corrected chi connectivity index (χ4v) is 1.15. The molecule has 0 N–H and O–H groups in total. The Labute approximate surface area is 87.8 Å². The summed E-state index contributed by atoms with van der Waals surface area (Å²) < 4.78 is 0.652. The summed E-state index contributed by atoms with van der Waals surface area (Å²) in [5.74, 6) is 0. The summed E-state index contributed by atoms with van der Waals surface area (Å²) in [5.41, 5.74) is -0.108. The zero-order valence-corrected chi connectivity index (χ0v) is 10.5. The summed E-state index contributed by atoms with van der Waals surface area (Å²) in [5, 5.41) is 10.3. The van der Waals surface area contributed by atoms with Gasteiger partial charge in [0.25, 0.3) is 0 Å². The monoisotopic (exact) mass is 407 g/mol. The summed E-state index contributed by atoms with van der Waals surface area (Å²) in [6.07, 6.45) is 1.27. The van der Waals surface area contributed by atoms with E-state index in [1.165, 1.54) is 6.08 Å². The molecule has 0 bridgehead atoms. The average Bonchev–Trinajstić information content (AvgIpc) is 1.81. The first-order valence-corrected chi connectivity index (χ1v) is 4.99. The molecule has 0 saturated carbocycles. The molecule has 0 amide bonds. The van der Waals surface area contributed by atoms with Crippen molar-refractivity contribution in [3.05, 3.63) is 32.9 Å². The van der Waals surface area contributed by atoms with Gasteiger partial charge in [-0.25, -0.2) is 0 Å². The van der Waals surface area contributed by atoms with Gasteiger partial charge in [0.05, 0.1) is 0 Å². The Balaban J connectivity index is 4.75. The minimum absolute atomic E-state index is 0.108. The van der Waals surface area contributed by atoms with Gasteiger partial charge >= 0.3 is 88.1 Å². The topological polar surface area (TPSA) is 43.1 Å². The Bertz CT molecular complexity index is 235. The summed E-state index contributed by atoms with van der Waals surface area (Å²) in [7, 11) is 0. The van der Waals surface area contributed by atoms with Crippen LogP contribution >= 0.6 is 27.5 Å². The van der Waals surface area contributed by atoms with Gasteiger partial charge in [0, 0.05) is 0 Å². The summed E-state index contributed by atoms with van der Waals surface area (Å²) in [4.78, 5) is 9.72. The summed E-state index contributed by atoms with van der Waals surface area (Å²) in [6.45, 7) is 3.43. The van der Waals surface area contributed by atoms with Crippen LogP contribution in [0.3, 0.4) is 0 Å². The van der Waals surface area contributed by atoms with Crippen LogP contribution in [-0.4, -0.2) is 8.28 Å². The molecule has 0 aromatic heterocycles. The molecule has 0 saturated heterocycles. The molecule has 11 heavy (non-hydrogen) atoms. The van der Waals surface area contributed by atoms with Crippen molar-refractivity contribution < 1.29 is 24.3 Å². The summed E-state index contributed by atoms with van der Waals surface area (Å²) >= 11 is 9.30. The van der Waals surface area contributed by atoms with Crippen molar-refractivity contribution in [3.63, 3.8) is 0 Å². The Morgan fingerprint density at radius 2 is 2.27 bits per heavy atom. The van der Waals surface area contributed by atoms with Gasteiger partial charge in [0.15, 0.2) is 0 Å². The van der Waals surface area contributed by atoms with Gasteiger partial charge in [-0.05, 0) is 0 Å². The summed E-state index contributed by atoms with van der Waals surface area (Å²) in [6, 6.07) is 0. The van der Waals surface area contributed by atoms with Gasteiger partial charge in [-0.1, -0.05) is 0 Å². The van der Waals surface area contributed by atoms with Gasteiger partial charge in [-0.2, -0.15) is 0 Å². The number of rotatable bonds is 3. The number of halogens is 2. The van der Waals surface area contributed by atoms with E-state index in [2.05, 4.69) is 22.5 Å². The van der Waals surface area contributed by atoms with E-state index in [0.717, 1.165) is 19.4 Å². The maximum absolute atomic E-state index is 10.3. The third-order valence-corrected chi connectivity index (χ3v) is 1.87. The zero-order valence-electron chi connectivity index (χ0n) is 5.21. The van der Waals surface area contributed by atoms with Crippen molar-refractivity contribution in [2.24, 2.45) is 0 Å². The van der Waals surface area contributed by atoms with Crippen molar-refractivity contribution in [1.82, 2.24) is 0 Å². The second-order valence-corrected chi connectivity index (χ2v) is 5.27. The van der Waals surface area contributed by atoms with Crippen LogP contribution in [0.1, 0.15) is 0 Å². The van der Waals surface area contributed by atoms with Crippen LogP contribution in [0.4, 0.5) is 0 Å². The molecule has 60 valence electrons. The molecule has 0 atom stereocenters. The van der Waals surface area contributed by atoms with Crippen molar-refractivity contribution in [2.45, 2.75) is 0 Å². The van der Waals surface area contributed by atoms with Crippen LogP contribution < -0.4 is 0 Å². The molecule has 0 spiro atoms. The van der Waals surface area contributed by atoms with Crippen molar-refractivity contribution >= 4 is 30.9 Å². The van der Waals surface area contributed by atoms with E-state index in [1.54, 1.807) is 0 Å². The van der Waals surface area contributed by atoms with Gasteiger partial charge in [-0.15, -0.1) is 0 Å². The molecule has 0 aromatic rings. The predicted octanol–water partition coefficient (Wildman–Crippen LogP) is 1.97. The van der Waals surface area contributed by atoms with E-state index >= 15 is 0 Å². The molecule has 0 heterocycles. The van der Waals surface area contributed by atoms with E-state index in [-0.39, 0.29) is 9.05 Å². The van der Waals surface area contributed by atoms with E-state index in [9.17, 15) is 10.1 Å². The predicted molar refractivity (Wildman–Crippen MR) is 44.0 cm³/mol. The SMILES string of the molecule is C=C(Br)/C=C(\[C](Cl)=[W])[N+](=O)[O-]. The minimum atomic E-state index is -0.540. The first-order valence-electron chi connectivity index (χ1n) is 2.35. The molecular formula is C5H3BrClNO2W. The average molecular weight is 408 g/mol. The van der Waals surface area contributed by atoms with E-state index < -0.39 is 4.92 Å². The van der Waals surface area contributed by atoms with Gasteiger partial charge in [-0.3, -0.25) is 0 Å². The van der Waals surface area contributed by atoms with Gasteiger partial charge < -0.3 is 0 Å². The van der Waals surface area contributed by atoms with Gasteiger partial charge in [0.2, 0.25) is 0 Å².